The minimum absolute atomic E-state index is 0.130. The molecule has 0 amide bonds. The molecular weight excluding hydrogens is 252 g/mol. The Morgan fingerprint density at radius 1 is 1.33 bits per heavy atom. The fraction of sp³-hybridized carbons (Fsp3) is 0.667. The van der Waals surface area contributed by atoms with Crippen molar-refractivity contribution >= 4 is 23.1 Å². The maximum atomic E-state index is 9.50. The summed E-state index contributed by atoms with van der Waals surface area (Å²) in [6.07, 6.45) is 1.76. The highest BCUT2D eigenvalue weighted by Gasteiger charge is 2.25. The number of anilines is 2. The predicted octanol–water partition coefficient (Wildman–Crippen LogP) is 2.23. The van der Waals surface area contributed by atoms with Crippen LogP contribution in [0.5, 0.6) is 0 Å². The van der Waals surface area contributed by atoms with E-state index in [1.165, 1.54) is 0 Å². The number of aromatic nitrogens is 2. The summed E-state index contributed by atoms with van der Waals surface area (Å²) < 4.78 is 0. The molecule has 1 heterocycles. The van der Waals surface area contributed by atoms with Crippen molar-refractivity contribution < 1.29 is 5.11 Å². The van der Waals surface area contributed by atoms with Gasteiger partial charge in [0, 0.05) is 12.0 Å². The molecule has 4 N–H and O–H groups in total. The van der Waals surface area contributed by atoms with Crippen LogP contribution in [0, 0.1) is 12.3 Å². The van der Waals surface area contributed by atoms with Crippen LogP contribution >= 0.6 is 11.6 Å². The fourth-order valence-electron chi connectivity index (χ4n) is 1.73. The number of nitrogen functional groups attached to an aromatic ring is 1. The number of nitrogens with zero attached hydrogens (tertiary/aromatic N) is 2. The second kappa shape index (κ2) is 6.20. The Balaban J connectivity index is 2.86. The SMILES string of the molecule is CCC(CC)(CO)CNc1nc(Cl)nc(C)c1N. The van der Waals surface area contributed by atoms with Crippen molar-refractivity contribution in [1.29, 1.82) is 0 Å². The van der Waals surface area contributed by atoms with Crippen LogP contribution in [-0.4, -0.2) is 28.2 Å². The fourth-order valence-corrected chi connectivity index (χ4v) is 1.94. The number of hydrogen-bond donors (Lipinski definition) is 3. The summed E-state index contributed by atoms with van der Waals surface area (Å²) in [4.78, 5) is 8.05. The van der Waals surface area contributed by atoms with Gasteiger partial charge in [0.2, 0.25) is 5.28 Å². The van der Waals surface area contributed by atoms with Crippen LogP contribution in [0.1, 0.15) is 32.4 Å². The summed E-state index contributed by atoms with van der Waals surface area (Å²) in [6, 6.07) is 0. The lowest BCUT2D eigenvalue weighted by Crippen LogP contribution is -2.32. The molecule has 6 heteroatoms. The van der Waals surface area contributed by atoms with Crippen LogP contribution in [0.2, 0.25) is 5.28 Å². The van der Waals surface area contributed by atoms with E-state index in [9.17, 15) is 5.11 Å². The van der Waals surface area contributed by atoms with Gasteiger partial charge in [0.05, 0.1) is 18.0 Å². The van der Waals surface area contributed by atoms with Gasteiger partial charge >= 0.3 is 0 Å². The molecule has 0 bridgehead atoms. The topological polar surface area (TPSA) is 84.1 Å². The molecule has 1 rings (SSSR count). The Morgan fingerprint density at radius 2 is 1.94 bits per heavy atom. The summed E-state index contributed by atoms with van der Waals surface area (Å²) in [5, 5.41) is 12.8. The average molecular weight is 273 g/mol. The summed E-state index contributed by atoms with van der Waals surface area (Å²) in [6.45, 7) is 6.64. The normalized spacial score (nSPS) is 11.6. The lowest BCUT2D eigenvalue weighted by Gasteiger charge is -2.30. The first-order valence-electron chi connectivity index (χ1n) is 6.12. The highest BCUT2D eigenvalue weighted by Crippen LogP contribution is 2.28. The number of hydrogen-bond acceptors (Lipinski definition) is 5. The highest BCUT2D eigenvalue weighted by atomic mass is 35.5. The maximum Gasteiger partial charge on any atom is 0.224 e. The van der Waals surface area contributed by atoms with Gasteiger partial charge in [0.15, 0.2) is 5.82 Å². The third kappa shape index (κ3) is 3.23. The van der Waals surface area contributed by atoms with Crippen LogP contribution < -0.4 is 11.1 Å². The van der Waals surface area contributed by atoms with Crippen molar-refractivity contribution in [2.75, 3.05) is 24.2 Å². The molecule has 0 atom stereocenters. The molecular formula is C12H21ClN4O. The Kier molecular flexibility index (Phi) is 5.16. The number of aryl methyl sites for hydroxylation is 1. The molecule has 0 radical (unpaired) electrons. The van der Waals surface area contributed by atoms with Crippen molar-refractivity contribution in [1.82, 2.24) is 9.97 Å². The first-order valence-corrected chi connectivity index (χ1v) is 6.50. The van der Waals surface area contributed by atoms with Crippen molar-refractivity contribution in [2.24, 2.45) is 5.41 Å². The van der Waals surface area contributed by atoms with Crippen LogP contribution in [-0.2, 0) is 0 Å². The minimum atomic E-state index is -0.155. The quantitative estimate of drug-likeness (QED) is 0.692. The standard InChI is InChI=1S/C12H21ClN4O/c1-4-12(5-2,7-18)6-15-10-9(14)8(3)16-11(13)17-10/h18H,4-7,14H2,1-3H3,(H,15,16,17). The van der Waals surface area contributed by atoms with Gasteiger partial charge in [0.25, 0.3) is 0 Å². The van der Waals surface area contributed by atoms with Gasteiger partial charge in [-0.25, -0.2) is 4.98 Å². The Hall–Kier alpha value is -1.07. The summed E-state index contributed by atoms with van der Waals surface area (Å²) in [5.74, 6) is 0.534. The summed E-state index contributed by atoms with van der Waals surface area (Å²) in [5.41, 5.74) is 6.89. The van der Waals surface area contributed by atoms with Crippen molar-refractivity contribution in [3.8, 4) is 0 Å². The van der Waals surface area contributed by atoms with E-state index in [1.807, 2.05) is 0 Å². The van der Waals surface area contributed by atoms with E-state index >= 15 is 0 Å². The third-order valence-electron chi connectivity index (χ3n) is 3.58. The molecule has 0 aliphatic heterocycles. The molecule has 1 aromatic heterocycles. The predicted molar refractivity (Wildman–Crippen MR) is 74.8 cm³/mol. The molecule has 0 aliphatic rings. The molecule has 0 fully saturated rings. The monoisotopic (exact) mass is 272 g/mol. The zero-order valence-corrected chi connectivity index (χ0v) is 11.9. The number of nitrogens with two attached hydrogens (primary N) is 1. The molecule has 0 spiro atoms. The summed E-state index contributed by atoms with van der Waals surface area (Å²) >= 11 is 5.81. The zero-order valence-electron chi connectivity index (χ0n) is 11.1. The molecule has 1 aromatic rings. The van der Waals surface area contributed by atoms with E-state index in [2.05, 4.69) is 29.1 Å². The largest absolute Gasteiger partial charge is 0.396 e. The average Bonchev–Trinajstić information content (AvgIpc) is 2.37. The van der Waals surface area contributed by atoms with Gasteiger partial charge in [-0.05, 0) is 31.4 Å². The Labute approximate surface area is 113 Å². The second-order valence-corrected chi connectivity index (χ2v) is 4.90. The zero-order chi connectivity index (χ0) is 13.8. The molecule has 0 aliphatic carbocycles. The van der Waals surface area contributed by atoms with Gasteiger partial charge in [-0.2, -0.15) is 4.98 Å². The molecule has 0 saturated heterocycles. The lowest BCUT2D eigenvalue weighted by atomic mass is 9.83. The molecule has 5 nitrogen and oxygen atoms in total. The van der Waals surface area contributed by atoms with Gasteiger partial charge < -0.3 is 16.2 Å². The van der Waals surface area contributed by atoms with Crippen LogP contribution in [0.15, 0.2) is 0 Å². The van der Waals surface area contributed by atoms with Gasteiger partial charge in [0.1, 0.15) is 0 Å². The lowest BCUT2D eigenvalue weighted by molar-refractivity contribution is 0.127. The number of rotatable bonds is 6. The van der Waals surface area contributed by atoms with E-state index in [1.54, 1.807) is 6.92 Å². The highest BCUT2D eigenvalue weighted by molar-refractivity contribution is 6.28. The number of nitrogens with one attached hydrogen (secondary N) is 1. The summed E-state index contributed by atoms with van der Waals surface area (Å²) in [7, 11) is 0. The third-order valence-corrected chi connectivity index (χ3v) is 3.74. The molecule has 0 saturated carbocycles. The van der Waals surface area contributed by atoms with Gasteiger partial charge in [-0.3, -0.25) is 0 Å². The maximum absolute atomic E-state index is 9.50. The van der Waals surface area contributed by atoms with E-state index in [0.29, 0.717) is 23.7 Å². The van der Waals surface area contributed by atoms with E-state index < -0.39 is 0 Å². The molecule has 0 aromatic carbocycles. The van der Waals surface area contributed by atoms with Crippen molar-refractivity contribution in [3.63, 3.8) is 0 Å². The number of halogens is 1. The van der Waals surface area contributed by atoms with E-state index in [0.717, 1.165) is 12.8 Å². The minimum Gasteiger partial charge on any atom is -0.396 e. The Morgan fingerprint density at radius 3 is 2.44 bits per heavy atom. The smallest absolute Gasteiger partial charge is 0.224 e. The first kappa shape index (κ1) is 15.0. The van der Waals surface area contributed by atoms with Gasteiger partial charge in [-0.1, -0.05) is 13.8 Å². The van der Waals surface area contributed by atoms with Crippen LogP contribution in [0.4, 0.5) is 11.5 Å². The molecule has 102 valence electrons. The number of aliphatic hydroxyl groups excluding tert-OH is 1. The van der Waals surface area contributed by atoms with Crippen molar-refractivity contribution in [3.05, 3.63) is 11.0 Å². The first-order chi connectivity index (χ1) is 8.48. The molecule has 18 heavy (non-hydrogen) atoms. The number of aliphatic hydroxyl groups is 1. The van der Waals surface area contributed by atoms with E-state index in [4.69, 9.17) is 17.3 Å². The second-order valence-electron chi connectivity index (χ2n) is 4.56. The van der Waals surface area contributed by atoms with Crippen LogP contribution in [0.25, 0.3) is 0 Å². The van der Waals surface area contributed by atoms with Crippen molar-refractivity contribution in [2.45, 2.75) is 33.6 Å². The van der Waals surface area contributed by atoms with E-state index in [-0.39, 0.29) is 17.3 Å². The van der Waals surface area contributed by atoms with Crippen LogP contribution in [0.3, 0.4) is 0 Å². The van der Waals surface area contributed by atoms with Gasteiger partial charge in [-0.15, -0.1) is 0 Å². The Bertz CT molecular complexity index is 399. The molecule has 0 unspecified atom stereocenters.